The Hall–Kier alpha value is -3.22. The molecule has 126 valence electrons. The Morgan fingerprint density at radius 3 is 2.60 bits per heavy atom. The number of benzene rings is 1. The first-order valence-corrected chi connectivity index (χ1v) is 8.17. The highest BCUT2D eigenvalue weighted by Crippen LogP contribution is 2.33. The maximum atomic E-state index is 5.53. The van der Waals surface area contributed by atoms with Crippen LogP contribution in [0.3, 0.4) is 0 Å². The number of nitrogens with two attached hydrogens (primary N) is 1. The van der Waals surface area contributed by atoms with Crippen molar-refractivity contribution in [3.05, 3.63) is 60.2 Å². The molecule has 0 saturated heterocycles. The highest BCUT2D eigenvalue weighted by molar-refractivity contribution is 5.68. The molecule has 0 fully saturated rings. The van der Waals surface area contributed by atoms with E-state index in [1.54, 1.807) is 12.4 Å². The van der Waals surface area contributed by atoms with Crippen molar-refractivity contribution in [1.82, 2.24) is 19.9 Å². The number of fused-ring (bicyclic) bond motifs is 1. The Bertz CT molecular complexity index is 864. The minimum absolute atomic E-state index is 0.279. The molecule has 0 bridgehead atoms. The fraction of sp³-hybridized carbons (Fsp3) is 0.222. The van der Waals surface area contributed by atoms with Crippen molar-refractivity contribution in [2.24, 2.45) is 0 Å². The number of anilines is 4. The second-order valence-electron chi connectivity index (χ2n) is 6.04. The lowest BCUT2D eigenvalue weighted by Gasteiger charge is -2.20. The topological polar surface area (TPSA) is 84.1 Å². The van der Waals surface area contributed by atoms with Gasteiger partial charge in [0.15, 0.2) is 0 Å². The number of rotatable bonds is 4. The molecule has 0 aliphatic carbocycles. The van der Waals surface area contributed by atoms with E-state index in [1.807, 2.05) is 36.3 Å². The molecule has 3 heterocycles. The zero-order chi connectivity index (χ0) is 17.2. The number of hydrogen-bond donors (Lipinski definition) is 1. The van der Waals surface area contributed by atoms with Gasteiger partial charge >= 0.3 is 0 Å². The van der Waals surface area contributed by atoms with Gasteiger partial charge in [0.2, 0.25) is 11.9 Å². The van der Waals surface area contributed by atoms with E-state index >= 15 is 0 Å². The average Bonchev–Trinajstić information content (AvgIpc) is 3.07. The van der Waals surface area contributed by atoms with E-state index in [2.05, 4.69) is 32.0 Å². The van der Waals surface area contributed by atoms with Crippen LogP contribution in [0.15, 0.2) is 48.9 Å². The summed E-state index contributed by atoms with van der Waals surface area (Å²) in [5.41, 5.74) is 9.82. The van der Waals surface area contributed by atoms with Crippen LogP contribution in [0.1, 0.15) is 11.3 Å². The van der Waals surface area contributed by atoms with Crippen LogP contribution in [0.5, 0.6) is 0 Å². The van der Waals surface area contributed by atoms with E-state index in [0.717, 1.165) is 29.9 Å². The first-order valence-electron chi connectivity index (χ1n) is 8.17. The lowest BCUT2D eigenvalue weighted by Crippen LogP contribution is -2.20. The molecule has 1 aliphatic rings. The van der Waals surface area contributed by atoms with E-state index in [9.17, 15) is 0 Å². The van der Waals surface area contributed by atoms with Crippen LogP contribution >= 0.6 is 0 Å². The molecule has 2 N–H and O–H groups in total. The molecule has 1 aromatic carbocycles. The predicted octanol–water partition coefficient (Wildman–Crippen LogP) is 2.18. The van der Waals surface area contributed by atoms with Gasteiger partial charge in [-0.15, -0.1) is 0 Å². The minimum Gasteiger partial charge on any atom is -0.368 e. The van der Waals surface area contributed by atoms with Crippen LogP contribution in [-0.2, 0) is 13.0 Å². The Morgan fingerprint density at radius 1 is 1.08 bits per heavy atom. The summed E-state index contributed by atoms with van der Waals surface area (Å²) in [6.07, 6.45) is 6.28. The van der Waals surface area contributed by atoms with Crippen molar-refractivity contribution in [2.75, 3.05) is 29.1 Å². The summed E-state index contributed by atoms with van der Waals surface area (Å²) in [6.45, 7) is 1.55. The zero-order valence-corrected chi connectivity index (χ0v) is 14.0. The van der Waals surface area contributed by atoms with Gasteiger partial charge in [0.1, 0.15) is 0 Å². The Labute approximate surface area is 146 Å². The van der Waals surface area contributed by atoms with Crippen molar-refractivity contribution < 1.29 is 0 Å². The molecule has 0 unspecified atom stereocenters. The van der Waals surface area contributed by atoms with E-state index in [4.69, 9.17) is 10.7 Å². The number of nitrogen functional groups attached to an aromatic ring is 1. The van der Waals surface area contributed by atoms with Crippen LogP contribution in [-0.4, -0.2) is 33.5 Å². The molecule has 0 spiro atoms. The maximum absolute atomic E-state index is 5.53. The first-order chi connectivity index (χ1) is 12.2. The highest BCUT2D eigenvalue weighted by Gasteiger charge is 2.23. The summed E-state index contributed by atoms with van der Waals surface area (Å²) in [5.74, 6) is 0.978. The standard InChI is InChI=1S/C18H19N7/c1-24(12-13-9-20-17(19)21-10-13)18-22-11-16-15(23-18)7-8-25(16)14-5-3-2-4-6-14/h2-6,9-11H,7-8,12H2,1H3,(H2,19,20,21). The molecular formula is C18H19N7. The van der Waals surface area contributed by atoms with Crippen LogP contribution in [0.4, 0.5) is 23.3 Å². The monoisotopic (exact) mass is 333 g/mol. The largest absolute Gasteiger partial charge is 0.368 e. The summed E-state index contributed by atoms with van der Waals surface area (Å²) < 4.78 is 0. The molecule has 0 amide bonds. The fourth-order valence-electron chi connectivity index (χ4n) is 3.00. The fourth-order valence-corrected chi connectivity index (χ4v) is 3.00. The molecule has 25 heavy (non-hydrogen) atoms. The predicted molar refractivity (Wildman–Crippen MR) is 97.7 cm³/mol. The summed E-state index contributed by atoms with van der Waals surface area (Å²) in [5, 5.41) is 0. The Morgan fingerprint density at radius 2 is 1.84 bits per heavy atom. The Balaban J connectivity index is 1.54. The summed E-state index contributed by atoms with van der Waals surface area (Å²) in [4.78, 5) is 21.6. The van der Waals surface area contributed by atoms with Gasteiger partial charge in [-0.25, -0.2) is 19.9 Å². The van der Waals surface area contributed by atoms with Crippen LogP contribution < -0.4 is 15.5 Å². The molecule has 7 nitrogen and oxygen atoms in total. The number of nitrogens with zero attached hydrogens (tertiary/aromatic N) is 6. The SMILES string of the molecule is CN(Cc1cnc(N)nc1)c1ncc2c(n1)CCN2c1ccccc1. The molecule has 0 atom stereocenters. The molecule has 1 aliphatic heterocycles. The minimum atomic E-state index is 0.279. The van der Waals surface area contributed by atoms with Crippen LogP contribution in [0.2, 0.25) is 0 Å². The summed E-state index contributed by atoms with van der Waals surface area (Å²) in [6, 6.07) is 10.3. The Kier molecular flexibility index (Phi) is 3.89. The zero-order valence-electron chi connectivity index (χ0n) is 14.0. The van der Waals surface area contributed by atoms with Gasteiger partial charge in [0.05, 0.1) is 17.6 Å². The first kappa shape index (κ1) is 15.3. The van der Waals surface area contributed by atoms with Crippen molar-refractivity contribution >= 4 is 23.3 Å². The normalized spacial score (nSPS) is 12.9. The van der Waals surface area contributed by atoms with E-state index in [1.165, 1.54) is 5.69 Å². The molecule has 0 radical (unpaired) electrons. The molecular weight excluding hydrogens is 314 g/mol. The molecule has 3 aromatic rings. The van der Waals surface area contributed by atoms with Crippen LogP contribution in [0.25, 0.3) is 0 Å². The van der Waals surface area contributed by atoms with Gasteiger partial charge in [0, 0.05) is 50.2 Å². The second kappa shape index (κ2) is 6.35. The third-order valence-electron chi connectivity index (χ3n) is 4.25. The lowest BCUT2D eigenvalue weighted by atomic mass is 10.3. The van der Waals surface area contributed by atoms with Gasteiger partial charge < -0.3 is 15.5 Å². The van der Waals surface area contributed by atoms with Gasteiger partial charge in [0.25, 0.3) is 0 Å². The van der Waals surface area contributed by atoms with Gasteiger partial charge in [-0.3, -0.25) is 0 Å². The molecule has 7 heteroatoms. The number of para-hydroxylation sites is 1. The second-order valence-corrected chi connectivity index (χ2v) is 6.04. The van der Waals surface area contributed by atoms with Gasteiger partial charge in [-0.05, 0) is 12.1 Å². The summed E-state index contributed by atoms with van der Waals surface area (Å²) >= 11 is 0. The maximum Gasteiger partial charge on any atom is 0.225 e. The van der Waals surface area contributed by atoms with E-state index in [0.29, 0.717) is 12.5 Å². The van der Waals surface area contributed by atoms with Crippen molar-refractivity contribution in [3.63, 3.8) is 0 Å². The smallest absolute Gasteiger partial charge is 0.225 e. The molecule has 0 saturated carbocycles. The number of aromatic nitrogens is 4. The van der Waals surface area contributed by atoms with Crippen molar-refractivity contribution in [1.29, 1.82) is 0 Å². The highest BCUT2D eigenvalue weighted by atomic mass is 15.3. The third-order valence-corrected chi connectivity index (χ3v) is 4.25. The van der Waals surface area contributed by atoms with Crippen LogP contribution in [0, 0.1) is 0 Å². The van der Waals surface area contributed by atoms with Gasteiger partial charge in [-0.2, -0.15) is 0 Å². The lowest BCUT2D eigenvalue weighted by molar-refractivity contribution is 0.847. The van der Waals surface area contributed by atoms with Crippen molar-refractivity contribution in [3.8, 4) is 0 Å². The van der Waals surface area contributed by atoms with Gasteiger partial charge in [-0.1, -0.05) is 18.2 Å². The third kappa shape index (κ3) is 3.08. The summed E-state index contributed by atoms with van der Waals surface area (Å²) in [7, 11) is 1.96. The molecule has 2 aromatic heterocycles. The number of hydrogen-bond acceptors (Lipinski definition) is 7. The van der Waals surface area contributed by atoms with Crippen molar-refractivity contribution in [2.45, 2.75) is 13.0 Å². The molecule has 4 rings (SSSR count). The quantitative estimate of drug-likeness (QED) is 0.783. The van der Waals surface area contributed by atoms with E-state index < -0.39 is 0 Å². The average molecular weight is 333 g/mol. The van der Waals surface area contributed by atoms with E-state index in [-0.39, 0.29) is 5.95 Å².